The molecule has 2 aliphatic carbocycles. The van der Waals surface area contributed by atoms with E-state index < -0.39 is 36.0 Å². The number of carboxylic acid groups (broad SMARTS) is 1. The van der Waals surface area contributed by atoms with Gasteiger partial charge in [0.25, 0.3) is 0 Å². The van der Waals surface area contributed by atoms with E-state index in [1.54, 1.807) is 18.2 Å². The quantitative estimate of drug-likeness (QED) is 0.268. The first-order valence-corrected chi connectivity index (χ1v) is 13.1. The number of rotatable bonds is 8. The van der Waals surface area contributed by atoms with Crippen LogP contribution in [-0.4, -0.2) is 39.5 Å². The molecule has 0 heterocycles. The summed E-state index contributed by atoms with van der Waals surface area (Å²) in [6, 6.07) is 25.2. The van der Waals surface area contributed by atoms with Crippen LogP contribution in [0.4, 0.5) is 0 Å². The molecule has 6 heteroatoms. The molecule has 0 radical (unpaired) electrons. The summed E-state index contributed by atoms with van der Waals surface area (Å²) < 4.78 is 5.79. The smallest absolute Gasteiger partial charge is 0.338 e. The second kappa shape index (κ2) is 11.2. The molecule has 5 rings (SSSR count). The number of carbonyl (C=O) groups excluding carboxylic acids is 1. The summed E-state index contributed by atoms with van der Waals surface area (Å²) in [6.07, 6.45) is 2.11. The van der Waals surface area contributed by atoms with E-state index in [1.165, 1.54) is 11.1 Å². The number of benzene rings is 3. The molecule has 0 unspecified atom stereocenters. The summed E-state index contributed by atoms with van der Waals surface area (Å²) in [5, 5.41) is 31.2. The highest BCUT2D eigenvalue weighted by Crippen LogP contribution is 2.41. The van der Waals surface area contributed by atoms with Crippen LogP contribution in [0, 0.1) is 17.8 Å². The summed E-state index contributed by atoms with van der Waals surface area (Å²) >= 11 is 0. The van der Waals surface area contributed by atoms with Gasteiger partial charge in [-0.1, -0.05) is 66.7 Å². The van der Waals surface area contributed by atoms with Crippen molar-refractivity contribution < 1.29 is 29.6 Å². The Hall–Kier alpha value is -3.90. The van der Waals surface area contributed by atoms with Gasteiger partial charge in [0.1, 0.15) is 6.10 Å². The molecule has 6 nitrogen and oxygen atoms in total. The number of carboxylic acids is 1. The molecule has 3 aromatic carbocycles. The number of carbonyl (C=O) groups is 2. The maximum absolute atomic E-state index is 13.0. The molecule has 2 aliphatic rings. The van der Waals surface area contributed by atoms with Crippen molar-refractivity contribution in [3.05, 3.63) is 107 Å². The second-order valence-electron chi connectivity index (χ2n) is 10.4. The number of aliphatic carboxylic acids is 1. The Kier molecular flexibility index (Phi) is 7.61. The number of aliphatic hydroxyl groups excluding tert-OH is 2. The molecule has 196 valence electrons. The fraction of sp³-hybridized carbons (Fsp3) is 0.312. The lowest BCUT2D eigenvalue weighted by atomic mass is 9.87. The highest BCUT2D eigenvalue weighted by Gasteiger charge is 2.47. The van der Waals surface area contributed by atoms with E-state index in [4.69, 9.17) is 4.74 Å². The molecular weight excluding hydrogens is 480 g/mol. The van der Waals surface area contributed by atoms with Crippen molar-refractivity contribution in [1.82, 2.24) is 0 Å². The summed E-state index contributed by atoms with van der Waals surface area (Å²) in [4.78, 5) is 24.6. The van der Waals surface area contributed by atoms with E-state index in [9.17, 15) is 24.9 Å². The first kappa shape index (κ1) is 25.7. The minimum Gasteiger partial charge on any atom is -0.512 e. The van der Waals surface area contributed by atoms with Crippen molar-refractivity contribution in [2.75, 3.05) is 0 Å². The van der Waals surface area contributed by atoms with Gasteiger partial charge in [0.2, 0.25) is 0 Å². The first-order chi connectivity index (χ1) is 18.4. The summed E-state index contributed by atoms with van der Waals surface area (Å²) in [5.74, 6) is -2.84. The van der Waals surface area contributed by atoms with Crippen LogP contribution in [-0.2, 0) is 22.4 Å². The third kappa shape index (κ3) is 5.65. The van der Waals surface area contributed by atoms with Gasteiger partial charge < -0.3 is 20.1 Å². The van der Waals surface area contributed by atoms with Gasteiger partial charge in [0.05, 0.1) is 29.8 Å². The first-order valence-electron chi connectivity index (χ1n) is 13.1. The minimum absolute atomic E-state index is 0.0130. The average molecular weight is 513 g/mol. The Morgan fingerprint density at radius 1 is 0.842 bits per heavy atom. The van der Waals surface area contributed by atoms with Gasteiger partial charge in [-0.2, -0.15) is 0 Å². The number of ether oxygens (including phenoxy) is 1. The lowest BCUT2D eigenvalue weighted by Crippen LogP contribution is -2.29. The van der Waals surface area contributed by atoms with Crippen LogP contribution in [0.15, 0.2) is 90.7 Å². The van der Waals surface area contributed by atoms with Crippen LogP contribution < -0.4 is 0 Å². The predicted molar refractivity (Wildman–Crippen MR) is 144 cm³/mol. The zero-order valence-electron chi connectivity index (χ0n) is 21.1. The number of esters is 1. The molecule has 4 atom stereocenters. The van der Waals surface area contributed by atoms with Crippen LogP contribution in [0.3, 0.4) is 0 Å². The molecule has 0 aromatic heterocycles. The predicted octanol–water partition coefficient (Wildman–Crippen LogP) is 5.60. The van der Waals surface area contributed by atoms with E-state index in [0.717, 1.165) is 24.0 Å². The van der Waals surface area contributed by atoms with Crippen LogP contribution in [0.5, 0.6) is 0 Å². The molecule has 0 aliphatic heterocycles. The van der Waals surface area contributed by atoms with E-state index in [2.05, 4.69) is 12.1 Å². The van der Waals surface area contributed by atoms with Crippen LogP contribution in [0.1, 0.15) is 40.7 Å². The Bertz CT molecular complexity index is 1290. The van der Waals surface area contributed by atoms with Crippen LogP contribution in [0.25, 0.3) is 11.1 Å². The van der Waals surface area contributed by atoms with Crippen molar-refractivity contribution in [1.29, 1.82) is 0 Å². The topological polar surface area (TPSA) is 104 Å². The maximum Gasteiger partial charge on any atom is 0.338 e. The average Bonchev–Trinajstić information content (AvgIpc) is 3.47. The zero-order valence-corrected chi connectivity index (χ0v) is 21.1. The number of aliphatic hydroxyl groups is 2. The third-order valence-corrected chi connectivity index (χ3v) is 7.86. The lowest BCUT2D eigenvalue weighted by molar-refractivity contribution is -0.139. The number of hydrogen-bond donors (Lipinski definition) is 3. The molecule has 38 heavy (non-hydrogen) atoms. The highest BCUT2D eigenvalue weighted by molar-refractivity contribution is 5.90. The van der Waals surface area contributed by atoms with Gasteiger partial charge in [0.15, 0.2) is 0 Å². The lowest BCUT2D eigenvalue weighted by Gasteiger charge is -2.24. The van der Waals surface area contributed by atoms with Crippen LogP contribution in [0.2, 0.25) is 0 Å². The number of hydrogen-bond acceptors (Lipinski definition) is 5. The van der Waals surface area contributed by atoms with Gasteiger partial charge in [-0.25, -0.2) is 4.79 Å². The Morgan fingerprint density at radius 3 is 2.08 bits per heavy atom. The van der Waals surface area contributed by atoms with Crippen molar-refractivity contribution in [2.24, 2.45) is 17.8 Å². The zero-order chi connectivity index (χ0) is 26.6. The van der Waals surface area contributed by atoms with Gasteiger partial charge in [0, 0.05) is 12.3 Å². The number of fused-ring (bicyclic) bond motifs is 1. The molecule has 0 saturated heterocycles. The summed E-state index contributed by atoms with van der Waals surface area (Å²) in [7, 11) is 0. The molecule has 1 saturated carbocycles. The minimum atomic E-state index is -1.07. The SMILES string of the molecule is O=C(O)C[C@@H]1[C@@H](C(O)=CCC2Cc3ccccc3C2)[C@H](OC(=O)c2ccc(-c3ccccc3)cc2)C[C@@H]1O. The number of allylic oxidation sites excluding steroid dienone is 1. The van der Waals surface area contributed by atoms with E-state index >= 15 is 0 Å². The fourth-order valence-corrected chi connectivity index (χ4v) is 5.95. The van der Waals surface area contributed by atoms with E-state index in [-0.39, 0.29) is 18.6 Å². The van der Waals surface area contributed by atoms with Crippen LogP contribution >= 0.6 is 0 Å². The largest absolute Gasteiger partial charge is 0.512 e. The molecular formula is C32H32O6. The van der Waals surface area contributed by atoms with Crippen molar-refractivity contribution >= 4 is 11.9 Å². The van der Waals surface area contributed by atoms with Crippen molar-refractivity contribution in [3.63, 3.8) is 0 Å². The molecule has 1 fully saturated rings. The van der Waals surface area contributed by atoms with Gasteiger partial charge in [-0.3, -0.25) is 4.79 Å². The molecule has 0 bridgehead atoms. The van der Waals surface area contributed by atoms with E-state index in [1.807, 2.05) is 54.6 Å². The second-order valence-corrected chi connectivity index (χ2v) is 10.4. The summed E-state index contributed by atoms with van der Waals surface area (Å²) in [5.41, 5.74) is 4.98. The summed E-state index contributed by atoms with van der Waals surface area (Å²) in [6.45, 7) is 0. The molecule has 3 N–H and O–H groups in total. The maximum atomic E-state index is 13.0. The highest BCUT2D eigenvalue weighted by atomic mass is 16.5. The molecule has 0 amide bonds. The van der Waals surface area contributed by atoms with Crippen molar-refractivity contribution in [3.8, 4) is 11.1 Å². The van der Waals surface area contributed by atoms with Gasteiger partial charge in [-0.05, 0) is 65.6 Å². The fourth-order valence-electron chi connectivity index (χ4n) is 5.95. The standard InChI is InChI=1S/C32H32O6/c33-27(15-10-20-16-24-8-4-5-9-25(24)17-20)31-26(18-30(35)36)28(34)19-29(31)38-32(37)23-13-11-22(12-14-23)21-6-2-1-3-7-21/h1-9,11-15,20,26,28-29,31,33-34H,10,16-19H2,(H,35,36)/t26-,28-,29+,31-/m0/s1. The van der Waals surface area contributed by atoms with Crippen molar-refractivity contribution in [2.45, 2.75) is 44.3 Å². The monoisotopic (exact) mass is 512 g/mol. The Balaban J connectivity index is 1.30. The van der Waals surface area contributed by atoms with Gasteiger partial charge >= 0.3 is 11.9 Å². The third-order valence-electron chi connectivity index (χ3n) is 7.86. The Morgan fingerprint density at radius 2 is 1.45 bits per heavy atom. The molecule has 3 aromatic rings. The van der Waals surface area contributed by atoms with Gasteiger partial charge in [-0.15, -0.1) is 0 Å². The Labute approximate surface area is 222 Å². The normalized spacial score (nSPS) is 23.2. The molecule has 0 spiro atoms. The van der Waals surface area contributed by atoms with E-state index in [0.29, 0.717) is 17.9 Å².